The van der Waals surface area contributed by atoms with Gasteiger partial charge in [0.05, 0.1) is 15.4 Å². The SMILES string of the molecule is O=S(=O)(O)c1ccc2[nH]c(O)c(N=Nc3ccccc3Cl)c2c1. The summed E-state index contributed by atoms with van der Waals surface area (Å²) < 4.78 is 31.6. The second-order valence-electron chi connectivity index (χ2n) is 4.66. The number of azo groups is 1. The number of aromatic nitrogens is 1. The van der Waals surface area contributed by atoms with Crippen molar-refractivity contribution in [3.63, 3.8) is 0 Å². The maximum atomic E-state index is 11.2. The molecule has 0 unspecified atom stereocenters. The minimum absolute atomic E-state index is 0.0467. The molecule has 1 heterocycles. The molecule has 3 aromatic rings. The molecular weight excluding hydrogens is 342 g/mol. The standard InChI is InChI=1S/C14H10ClN3O4S/c15-10-3-1-2-4-12(10)17-18-13-9-7-8(23(20,21)22)5-6-11(9)16-14(13)19/h1-7,16,19H,(H,20,21,22). The summed E-state index contributed by atoms with van der Waals surface area (Å²) in [6, 6.07) is 10.6. The van der Waals surface area contributed by atoms with E-state index < -0.39 is 10.1 Å². The zero-order valence-electron chi connectivity index (χ0n) is 11.4. The molecule has 0 atom stereocenters. The third kappa shape index (κ3) is 3.04. The van der Waals surface area contributed by atoms with Gasteiger partial charge < -0.3 is 10.1 Å². The molecule has 0 aliphatic rings. The molecule has 0 aliphatic carbocycles. The van der Waals surface area contributed by atoms with E-state index in [1.807, 2.05) is 0 Å². The average Bonchev–Trinajstić information content (AvgIpc) is 2.80. The highest BCUT2D eigenvalue weighted by atomic mass is 35.5. The molecule has 0 radical (unpaired) electrons. The first-order chi connectivity index (χ1) is 10.9. The maximum absolute atomic E-state index is 11.2. The van der Waals surface area contributed by atoms with Gasteiger partial charge in [-0.25, -0.2) is 0 Å². The van der Waals surface area contributed by atoms with Gasteiger partial charge in [-0.3, -0.25) is 4.55 Å². The van der Waals surface area contributed by atoms with Gasteiger partial charge >= 0.3 is 0 Å². The van der Waals surface area contributed by atoms with Gasteiger partial charge in [0.25, 0.3) is 10.1 Å². The molecule has 118 valence electrons. The molecule has 0 aliphatic heterocycles. The fourth-order valence-corrected chi connectivity index (χ4v) is 2.72. The molecule has 0 saturated carbocycles. The molecule has 23 heavy (non-hydrogen) atoms. The first-order valence-corrected chi connectivity index (χ1v) is 8.16. The Labute approximate surface area is 136 Å². The van der Waals surface area contributed by atoms with Crippen LogP contribution in [-0.4, -0.2) is 23.1 Å². The van der Waals surface area contributed by atoms with Crippen LogP contribution in [0.15, 0.2) is 57.6 Å². The lowest BCUT2D eigenvalue weighted by atomic mass is 10.2. The van der Waals surface area contributed by atoms with Crippen molar-refractivity contribution in [3.8, 4) is 5.88 Å². The molecule has 9 heteroatoms. The van der Waals surface area contributed by atoms with Crippen LogP contribution in [0.5, 0.6) is 5.88 Å². The van der Waals surface area contributed by atoms with Crippen LogP contribution < -0.4 is 0 Å². The van der Waals surface area contributed by atoms with Crippen molar-refractivity contribution >= 4 is 44.0 Å². The van der Waals surface area contributed by atoms with Gasteiger partial charge in [-0.05, 0) is 30.3 Å². The maximum Gasteiger partial charge on any atom is 0.294 e. The molecule has 3 rings (SSSR count). The van der Waals surface area contributed by atoms with Crippen LogP contribution in [0.25, 0.3) is 10.9 Å². The van der Waals surface area contributed by atoms with Gasteiger partial charge in [0.2, 0.25) is 5.88 Å². The zero-order chi connectivity index (χ0) is 16.6. The molecule has 0 spiro atoms. The zero-order valence-corrected chi connectivity index (χ0v) is 13.0. The van der Waals surface area contributed by atoms with E-state index >= 15 is 0 Å². The Kier molecular flexibility index (Phi) is 3.80. The normalized spacial score (nSPS) is 12.3. The highest BCUT2D eigenvalue weighted by Crippen LogP contribution is 2.38. The molecule has 7 nitrogen and oxygen atoms in total. The number of H-pyrrole nitrogens is 1. The summed E-state index contributed by atoms with van der Waals surface area (Å²) in [6.45, 7) is 0. The summed E-state index contributed by atoms with van der Waals surface area (Å²) in [5.41, 5.74) is 0.891. The molecule has 1 aromatic heterocycles. The Balaban J connectivity index is 2.13. The summed E-state index contributed by atoms with van der Waals surface area (Å²) in [5, 5.41) is 18.5. The van der Waals surface area contributed by atoms with Crippen LogP contribution in [0.1, 0.15) is 0 Å². The van der Waals surface area contributed by atoms with Crippen molar-refractivity contribution in [2.45, 2.75) is 4.90 Å². The summed E-state index contributed by atoms with van der Waals surface area (Å²) in [6.07, 6.45) is 0. The number of rotatable bonds is 3. The fraction of sp³-hybridized carbons (Fsp3) is 0. The molecule has 0 saturated heterocycles. The Bertz CT molecular complexity index is 1030. The van der Waals surface area contributed by atoms with Crippen molar-refractivity contribution in [2.24, 2.45) is 10.2 Å². The largest absolute Gasteiger partial charge is 0.493 e. The third-order valence-corrected chi connectivity index (χ3v) is 4.30. The number of aromatic amines is 1. The van der Waals surface area contributed by atoms with E-state index in [2.05, 4.69) is 15.2 Å². The van der Waals surface area contributed by atoms with Crippen molar-refractivity contribution in [3.05, 3.63) is 47.5 Å². The second kappa shape index (κ2) is 5.65. The van der Waals surface area contributed by atoms with E-state index in [4.69, 9.17) is 16.2 Å². The molecule has 0 fully saturated rings. The summed E-state index contributed by atoms with van der Waals surface area (Å²) in [4.78, 5) is 2.34. The second-order valence-corrected chi connectivity index (χ2v) is 6.48. The number of halogens is 1. The van der Waals surface area contributed by atoms with Crippen molar-refractivity contribution < 1.29 is 18.1 Å². The number of benzene rings is 2. The number of hydrogen-bond acceptors (Lipinski definition) is 5. The Morgan fingerprint density at radius 1 is 1.09 bits per heavy atom. The van der Waals surface area contributed by atoms with Gasteiger partial charge in [0, 0.05) is 5.39 Å². The van der Waals surface area contributed by atoms with Gasteiger partial charge in [-0.1, -0.05) is 23.7 Å². The average molecular weight is 352 g/mol. The quantitative estimate of drug-likeness (QED) is 0.484. The highest BCUT2D eigenvalue weighted by molar-refractivity contribution is 7.85. The van der Waals surface area contributed by atoms with Gasteiger partial charge in [0.1, 0.15) is 5.69 Å². The van der Waals surface area contributed by atoms with Crippen molar-refractivity contribution in [2.75, 3.05) is 0 Å². The highest BCUT2D eigenvalue weighted by Gasteiger charge is 2.15. The van der Waals surface area contributed by atoms with Crippen LogP contribution in [0, 0.1) is 0 Å². The van der Waals surface area contributed by atoms with Gasteiger partial charge in [0.15, 0.2) is 5.69 Å². The predicted molar refractivity (Wildman–Crippen MR) is 85.4 cm³/mol. The summed E-state index contributed by atoms with van der Waals surface area (Å²) >= 11 is 5.97. The smallest absolute Gasteiger partial charge is 0.294 e. The monoisotopic (exact) mass is 351 g/mol. The minimum Gasteiger partial charge on any atom is -0.493 e. The molecule has 2 aromatic carbocycles. The lowest BCUT2D eigenvalue weighted by Gasteiger charge is -1.98. The molecule has 0 amide bonds. The first kappa shape index (κ1) is 15.5. The lowest BCUT2D eigenvalue weighted by molar-refractivity contribution is 0.459. The summed E-state index contributed by atoms with van der Waals surface area (Å²) in [7, 11) is -4.36. The van der Waals surface area contributed by atoms with E-state index in [0.29, 0.717) is 21.6 Å². The number of fused-ring (bicyclic) bond motifs is 1. The van der Waals surface area contributed by atoms with E-state index in [-0.39, 0.29) is 16.5 Å². The van der Waals surface area contributed by atoms with E-state index in [9.17, 15) is 13.5 Å². The van der Waals surface area contributed by atoms with Gasteiger partial charge in [-0.2, -0.15) is 8.42 Å². The number of nitrogens with one attached hydrogen (secondary N) is 1. The Hall–Kier alpha value is -2.42. The third-order valence-electron chi connectivity index (χ3n) is 3.13. The van der Waals surface area contributed by atoms with Crippen LogP contribution in [0.2, 0.25) is 5.02 Å². The van der Waals surface area contributed by atoms with Crippen LogP contribution >= 0.6 is 11.6 Å². The number of aromatic hydroxyl groups is 1. The Morgan fingerprint density at radius 2 is 1.83 bits per heavy atom. The fourth-order valence-electron chi connectivity index (χ4n) is 2.04. The van der Waals surface area contributed by atoms with Crippen LogP contribution in [0.4, 0.5) is 11.4 Å². The van der Waals surface area contributed by atoms with E-state index in [0.717, 1.165) is 0 Å². The van der Waals surface area contributed by atoms with Crippen molar-refractivity contribution in [1.82, 2.24) is 4.98 Å². The minimum atomic E-state index is -4.36. The number of hydrogen-bond donors (Lipinski definition) is 3. The molecule has 0 bridgehead atoms. The Morgan fingerprint density at radius 3 is 2.52 bits per heavy atom. The molecular formula is C14H10ClN3O4S. The summed E-state index contributed by atoms with van der Waals surface area (Å²) in [5.74, 6) is -0.275. The van der Waals surface area contributed by atoms with Crippen LogP contribution in [-0.2, 0) is 10.1 Å². The topological polar surface area (TPSA) is 115 Å². The van der Waals surface area contributed by atoms with Crippen LogP contribution in [0.3, 0.4) is 0 Å². The van der Waals surface area contributed by atoms with Gasteiger partial charge in [-0.15, -0.1) is 10.2 Å². The lowest BCUT2D eigenvalue weighted by Crippen LogP contribution is -1.96. The van der Waals surface area contributed by atoms with E-state index in [1.54, 1.807) is 24.3 Å². The molecule has 3 N–H and O–H groups in total. The first-order valence-electron chi connectivity index (χ1n) is 6.35. The number of nitrogens with zero attached hydrogens (tertiary/aromatic N) is 2. The van der Waals surface area contributed by atoms with E-state index in [1.165, 1.54) is 18.2 Å². The predicted octanol–water partition coefficient (Wildman–Crippen LogP) is 4.19. The van der Waals surface area contributed by atoms with Crippen molar-refractivity contribution in [1.29, 1.82) is 0 Å².